The molecular formula is C12H11ClN2O2. The van der Waals surface area contributed by atoms with Gasteiger partial charge in [-0.1, -0.05) is 29.3 Å². The van der Waals surface area contributed by atoms with Crippen LogP contribution >= 0.6 is 11.6 Å². The van der Waals surface area contributed by atoms with E-state index in [1.54, 1.807) is 0 Å². The van der Waals surface area contributed by atoms with Crippen LogP contribution in [0.2, 0.25) is 5.02 Å². The number of aromatic nitrogens is 2. The molecule has 5 heteroatoms. The molecule has 0 aliphatic carbocycles. The van der Waals surface area contributed by atoms with Gasteiger partial charge in [0, 0.05) is 6.20 Å². The van der Waals surface area contributed by atoms with Gasteiger partial charge in [-0.15, -0.1) is 0 Å². The highest BCUT2D eigenvalue weighted by Gasteiger charge is 1.99. The zero-order chi connectivity index (χ0) is 12.3. The summed E-state index contributed by atoms with van der Waals surface area (Å²) in [5.74, 6) is 0.697. The second kappa shape index (κ2) is 5.01. The Morgan fingerprint density at radius 1 is 1.35 bits per heavy atom. The van der Waals surface area contributed by atoms with Crippen molar-refractivity contribution in [1.82, 2.24) is 9.55 Å². The summed E-state index contributed by atoms with van der Waals surface area (Å²) < 4.78 is 6.75. The molecule has 1 aromatic carbocycles. The number of halogens is 1. The zero-order valence-corrected chi connectivity index (χ0v) is 10.0. The number of aryl methyl sites for hydroxylation is 1. The van der Waals surface area contributed by atoms with Crippen LogP contribution < -0.4 is 10.4 Å². The minimum absolute atomic E-state index is 0.0927. The molecule has 1 heterocycles. The van der Waals surface area contributed by atoms with Gasteiger partial charge in [-0.25, -0.2) is 4.79 Å². The molecule has 0 unspecified atom stereocenters. The lowest BCUT2D eigenvalue weighted by Gasteiger charge is -2.08. The van der Waals surface area contributed by atoms with Gasteiger partial charge in [-0.2, -0.15) is 4.98 Å². The molecule has 2 rings (SSSR count). The molecule has 0 fully saturated rings. The van der Waals surface area contributed by atoms with E-state index in [9.17, 15) is 4.79 Å². The Kier molecular flexibility index (Phi) is 3.44. The van der Waals surface area contributed by atoms with Crippen molar-refractivity contribution in [1.29, 1.82) is 0 Å². The van der Waals surface area contributed by atoms with Gasteiger partial charge in [0.15, 0.2) is 6.73 Å². The monoisotopic (exact) mass is 250 g/mol. The van der Waals surface area contributed by atoms with E-state index in [4.69, 9.17) is 16.3 Å². The number of benzene rings is 1. The Labute approximate surface area is 103 Å². The molecule has 1 aromatic heterocycles. The SMILES string of the molecule is Cc1ccc(OCn2cc(Cl)cnc2=O)cc1. The zero-order valence-electron chi connectivity index (χ0n) is 9.26. The average Bonchev–Trinajstić information content (AvgIpc) is 2.32. The molecule has 0 N–H and O–H groups in total. The third-order valence-electron chi connectivity index (χ3n) is 2.21. The van der Waals surface area contributed by atoms with Crippen molar-refractivity contribution in [3.8, 4) is 5.75 Å². The van der Waals surface area contributed by atoms with Crippen molar-refractivity contribution < 1.29 is 4.74 Å². The first-order chi connectivity index (χ1) is 8.15. The van der Waals surface area contributed by atoms with Crippen LogP contribution in [0.5, 0.6) is 5.75 Å². The fourth-order valence-corrected chi connectivity index (χ4v) is 1.47. The van der Waals surface area contributed by atoms with Crippen molar-refractivity contribution in [3.05, 3.63) is 57.7 Å². The third kappa shape index (κ3) is 3.07. The molecule has 0 aliphatic rings. The van der Waals surface area contributed by atoms with E-state index in [0.717, 1.165) is 5.56 Å². The summed E-state index contributed by atoms with van der Waals surface area (Å²) >= 11 is 5.74. The third-order valence-corrected chi connectivity index (χ3v) is 2.41. The Bertz CT molecular complexity index is 563. The van der Waals surface area contributed by atoms with E-state index in [-0.39, 0.29) is 12.4 Å². The van der Waals surface area contributed by atoms with Gasteiger partial charge >= 0.3 is 5.69 Å². The summed E-state index contributed by atoms with van der Waals surface area (Å²) in [4.78, 5) is 15.0. The highest BCUT2D eigenvalue weighted by Crippen LogP contribution is 2.11. The lowest BCUT2D eigenvalue weighted by molar-refractivity contribution is 0.230. The van der Waals surface area contributed by atoms with Gasteiger partial charge in [-0.05, 0) is 19.1 Å². The first-order valence-electron chi connectivity index (χ1n) is 5.06. The highest BCUT2D eigenvalue weighted by atomic mass is 35.5. The van der Waals surface area contributed by atoms with Crippen molar-refractivity contribution in [3.63, 3.8) is 0 Å². The minimum atomic E-state index is -0.387. The summed E-state index contributed by atoms with van der Waals surface area (Å²) in [7, 11) is 0. The first kappa shape index (κ1) is 11.7. The molecule has 4 nitrogen and oxygen atoms in total. The van der Waals surface area contributed by atoms with Crippen LogP contribution in [-0.4, -0.2) is 9.55 Å². The molecule has 2 aromatic rings. The maximum absolute atomic E-state index is 11.4. The van der Waals surface area contributed by atoms with Crippen molar-refractivity contribution >= 4 is 11.6 Å². The van der Waals surface area contributed by atoms with E-state index in [2.05, 4.69) is 4.98 Å². The molecule has 0 bridgehead atoms. The average molecular weight is 251 g/mol. The molecule has 0 saturated heterocycles. The van der Waals surface area contributed by atoms with Crippen LogP contribution in [0.25, 0.3) is 0 Å². The van der Waals surface area contributed by atoms with Crippen LogP contribution in [0.4, 0.5) is 0 Å². The number of hydrogen-bond donors (Lipinski definition) is 0. The van der Waals surface area contributed by atoms with Crippen LogP contribution in [0.15, 0.2) is 41.5 Å². The van der Waals surface area contributed by atoms with Gasteiger partial charge < -0.3 is 4.74 Å². The van der Waals surface area contributed by atoms with Crippen LogP contribution in [-0.2, 0) is 6.73 Å². The summed E-state index contributed by atoms with van der Waals surface area (Å²) in [5.41, 5.74) is 0.764. The van der Waals surface area contributed by atoms with Gasteiger partial charge in [0.05, 0.1) is 11.2 Å². The molecule has 0 radical (unpaired) electrons. The van der Waals surface area contributed by atoms with E-state index in [1.807, 2.05) is 31.2 Å². The van der Waals surface area contributed by atoms with E-state index < -0.39 is 0 Å². The fraction of sp³-hybridized carbons (Fsp3) is 0.167. The smallest absolute Gasteiger partial charge is 0.350 e. The normalized spacial score (nSPS) is 10.2. The van der Waals surface area contributed by atoms with E-state index in [0.29, 0.717) is 10.8 Å². The van der Waals surface area contributed by atoms with Crippen molar-refractivity contribution in [2.75, 3.05) is 0 Å². The Balaban J connectivity index is 2.09. The number of rotatable bonds is 3. The highest BCUT2D eigenvalue weighted by molar-refractivity contribution is 6.30. The summed E-state index contributed by atoms with van der Waals surface area (Å²) in [5, 5.41) is 0.400. The second-order valence-electron chi connectivity index (χ2n) is 3.61. The van der Waals surface area contributed by atoms with Gasteiger partial charge in [0.2, 0.25) is 0 Å². The standard InChI is InChI=1S/C12H11ClN2O2/c1-9-2-4-11(5-3-9)17-8-15-7-10(13)6-14-12(15)16/h2-7H,8H2,1H3. The Hall–Kier alpha value is -1.81. The summed E-state index contributed by atoms with van der Waals surface area (Å²) in [6.07, 6.45) is 2.80. The van der Waals surface area contributed by atoms with Crippen LogP contribution in [0.3, 0.4) is 0 Å². The van der Waals surface area contributed by atoms with Gasteiger partial charge in [0.25, 0.3) is 0 Å². The maximum atomic E-state index is 11.4. The molecule has 0 amide bonds. The Morgan fingerprint density at radius 2 is 2.06 bits per heavy atom. The Morgan fingerprint density at radius 3 is 2.76 bits per heavy atom. The summed E-state index contributed by atoms with van der Waals surface area (Å²) in [6, 6.07) is 7.57. The van der Waals surface area contributed by atoms with Gasteiger partial charge in [-0.3, -0.25) is 4.57 Å². The van der Waals surface area contributed by atoms with Gasteiger partial charge in [0.1, 0.15) is 5.75 Å². The predicted octanol–water partition coefficient (Wildman–Crippen LogP) is 2.24. The fourth-order valence-electron chi connectivity index (χ4n) is 1.30. The van der Waals surface area contributed by atoms with Crippen LogP contribution in [0, 0.1) is 6.92 Å². The van der Waals surface area contributed by atoms with Crippen molar-refractivity contribution in [2.24, 2.45) is 0 Å². The number of ether oxygens (including phenoxy) is 1. The minimum Gasteiger partial charge on any atom is -0.473 e. The quantitative estimate of drug-likeness (QED) is 0.839. The number of hydrogen-bond acceptors (Lipinski definition) is 3. The second-order valence-corrected chi connectivity index (χ2v) is 4.05. The van der Waals surface area contributed by atoms with Crippen LogP contribution in [0.1, 0.15) is 5.56 Å². The maximum Gasteiger partial charge on any atom is 0.350 e. The van der Waals surface area contributed by atoms with E-state index in [1.165, 1.54) is 17.0 Å². The first-order valence-corrected chi connectivity index (χ1v) is 5.44. The summed E-state index contributed by atoms with van der Waals surface area (Å²) in [6.45, 7) is 2.09. The van der Waals surface area contributed by atoms with Crippen molar-refractivity contribution in [2.45, 2.75) is 13.7 Å². The topological polar surface area (TPSA) is 44.1 Å². The lowest BCUT2D eigenvalue weighted by Crippen LogP contribution is -2.24. The predicted molar refractivity (Wildman–Crippen MR) is 65.3 cm³/mol. The molecular weight excluding hydrogens is 240 g/mol. The largest absolute Gasteiger partial charge is 0.473 e. The number of nitrogens with zero attached hydrogens (tertiary/aromatic N) is 2. The molecule has 17 heavy (non-hydrogen) atoms. The van der Waals surface area contributed by atoms with E-state index >= 15 is 0 Å². The molecule has 0 spiro atoms. The molecule has 0 atom stereocenters. The molecule has 88 valence electrons. The molecule has 0 aliphatic heterocycles. The lowest BCUT2D eigenvalue weighted by atomic mass is 10.2. The molecule has 0 saturated carbocycles.